The van der Waals surface area contributed by atoms with Gasteiger partial charge >= 0.3 is 6.36 Å². The van der Waals surface area contributed by atoms with Gasteiger partial charge in [0.05, 0.1) is 12.6 Å². The Kier molecular flexibility index (Phi) is 6.31. The molecule has 0 bridgehead atoms. The fourth-order valence-electron chi connectivity index (χ4n) is 3.38. The van der Waals surface area contributed by atoms with Gasteiger partial charge in [0.15, 0.2) is 11.5 Å². The van der Waals surface area contributed by atoms with Gasteiger partial charge in [0.25, 0.3) is 0 Å². The summed E-state index contributed by atoms with van der Waals surface area (Å²) in [6.07, 6.45) is -4.72. The summed E-state index contributed by atoms with van der Waals surface area (Å²) >= 11 is 0. The molecule has 1 aliphatic rings. The highest BCUT2D eigenvalue weighted by Crippen LogP contribution is 2.36. The molecule has 2 N–H and O–H groups in total. The van der Waals surface area contributed by atoms with E-state index in [4.69, 9.17) is 4.74 Å². The maximum Gasteiger partial charge on any atom is 0.573 e. The Bertz CT molecular complexity index is 775. The van der Waals surface area contributed by atoms with Crippen molar-refractivity contribution in [1.82, 2.24) is 10.2 Å². The van der Waals surface area contributed by atoms with E-state index in [1.165, 1.54) is 12.1 Å². The highest BCUT2D eigenvalue weighted by atomic mass is 19.4. The summed E-state index contributed by atoms with van der Waals surface area (Å²) < 4.78 is 46.8. The minimum absolute atomic E-state index is 0.0542. The van der Waals surface area contributed by atoms with Crippen LogP contribution in [0.2, 0.25) is 0 Å². The minimum atomic E-state index is -4.72. The maximum absolute atomic E-state index is 12.4. The molecule has 0 aliphatic carbocycles. The molecule has 1 atom stereocenters. The van der Waals surface area contributed by atoms with Crippen molar-refractivity contribution in [2.45, 2.75) is 19.3 Å². The van der Waals surface area contributed by atoms with Crippen LogP contribution in [0.3, 0.4) is 0 Å². The first-order valence-corrected chi connectivity index (χ1v) is 9.13. The number of phenols is 1. The van der Waals surface area contributed by atoms with Crippen molar-refractivity contribution in [3.05, 3.63) is 53.6 Å². The van der Waals surface area contributed by atoms with Crippen molar-refractivity contribution < 1.29 is 27.8 Å². The van der Waals surface area contributed by atoms with E-state index in [2.05, 4.69) is 15.0 Å². The SMILES string of the molecule is CCOc1cc([C@H](c2ccc(OC(F)(F)F)cc2)N2CCNCC2)ccc1O. The molecule has 0 radical (unpaired) electrons. The number of hydrogen-bond donors (Lipinski definition) is 2. The van der Waals surface area contributed by atoms with E-state index in [1.54, 1.807) is 24.3 Å². The normalized spacial score (nSPS) is 16.6. The summed E-state index contributed by atoms with van der Waals surface area (Å²) in [5, 5.41) is 13.3. The number of nitrogens with one attached hydrogen (secondary N) is 1. The summed E-state index contributed by atoms with van der Waals surface area (Å²) in [5.41, 5.74) is 1.73. The number of rotatable bonds is 6. The Morgan fingerprint density at radius 1 is 1.07 bits per heavy atom. The maximum atomic E-state index is 12.4. The highest BCUT2D eigenvalue weighted by molar-refractivity contribution is 5.45. The van der Waals surface area contributed by atoms with Gasteiger partial charge < -0.3 is 19.9 Å². The Morgan fingerprint density at radius 3 is 2.32 bits per heavy atom. The van der Waals surface area contributed by atoms with Gasteiger partial charge in [0, 0.05) is 26.2 Å². The van der Waals surface area contributed by atoms with Crippen LogP contribution in [0, 0.1) is 0 Å². The lowest BCUT2D eigenvalue weighted by atomic mass is 9.96. The molecule has 0 aromatic heterocycles. The lowest BCUT2D eigenvalue weighted by Gasteiger charge is -2.35. The van der Waals surface area contributed by atoms with Crippen molar-refractivity contribution in [3.8, 4) is 17.2 Å². The molecule has 0 unspecified atom stereocenters. The van der Waals surface area contributed by atoms with Crippen molar-refractivity contribution in [2.75, 3.05) is 32.8 Å². The molecule has 0 saturated carbocycles. The van der Waals surface area contributed by atoms with Gasteiger partial charge in [0.2, 0.25) is 0 Å². The fourth-order valence-corrected chi connectivity index (χ4v) is 3.38. The van der Waals surface area contributed by atoms with Crippen LogP contribution < -0.4 is 14.8 Å². The Balaban J connectivity index is 1.94. The van der Waals surface area contributed by atoms with E-state index in [0.717, 1.165) is 37.3 Å². The number of nitrogens with zero attached hydrogens (tertiary/aromatic N) is 1. The van der Waals surface area contributed by atoms with Crippen LogP contribution in [0.25, 0.3) is 0 Å². The van der Waals surface area contributed by atoms with Gasteiger partial charge in [-0.05, 0) is 42.3 Å². The first-order valence-electron chi connectivity index (χ1n) is 9.13. The molecule has 1 fully saturated rings. The summed E-state index contributed by atoms with van der Waals surface area (Å²) in [7, 11) is 0. The summed E-state index contributed by atoms with van der Waals surface area (Å²) in [5.74, 6) is 0.187. The third kappa shape index (κ3) is 5.08. The smallest absolute Gasteiger partial charge is 0.504 e. The monoisotopic (exact) mass is 396 g/mol. The van der Waals surface area contributed by atoms with Gasteiger partial charge in [-0.3, -0.25) is 4.90 Å². The zero-order valence-corrected chi connectivity index (χ0v) is 15.5. The standard InChI is InChI=1S/C20H23F3N2O3/c1-2-27-18-13-15(5-8-17(18)26)19(25-11-9-24-10-12-25)14-3-6-16(7-4-14)28-20(21,22)23/h3-8,13,19,24,26H,2,9-12H2,1H3/t19-/m0/s1. The van der Waals surface area contributed by atoms with Crippen LogP contribution in [0.1, 0.15) is 24.1 Å². The average molecular weight is 396 g/mol. The third-order valence-corrected chi connectivity index (χ3v) is 4.55. The molecule has 3 rings (SSSR count). The van der Waals surface area contributed by atoms with E-state index in [9.17, 15) is 18.3 Å². The van der Waals surface area contributed by atoms with E-state index in [1.807, 2.05) is 13.0 Å². The Morgan fingerprint density at radius 2 is 1.71 bits per heavy atom. The summed E-state index contributed by atoms with van der Waals surface area (Å²) in [6.45, 7) is 5.47. The number of piperazine rings is 1. The lowest BCUT2D eigenvalue weighted by Crippen LogP contribution is -2.45. The highest BCUT2D eigenvalue weighted by Gasteiger charge is 2.31. The van der Waals surface area contributed by atoms with E-state index in [0.29, 0.717) is 12.4 Å². The van der Waals surface area contributed by atoms with Gasteiger partial charge in [-0.15, -0.1) is 13.2 Å². The van der Waals surface area contributed by atoms with Crippen LogP contribution in [0.15, 0.2) is 42.5 Å². The van der Waals surface area contributed by atoms with Gasteiger partial charge in [-0.25, -0.2) is 0 Å². The number of ether oxygens (including phenoxy) is 2. The molecule has 152 valence electrons. The second-order valence-corrected chi connectivity index (χ2v) is 6.47. The zero-order chi connectivity index (χ0) is 20.1. The predicted octanol–water partition coefficient (Wildman–Crippen LogP) is 3.68. The fraction of sp³-hybridized carbons (Fsp3) is 0.400. The third-order valence-electron chi connectivity index (χ3n) is 4.55. The topological polar surface area (TPSA) is 54.0 Å². The first-order chi connectivity index (χ1) is 13.4. The van der Waals surface area contributed by atoms with Crippen LogP contribution in [-0.2, 0) is 0 Å². The van der Waals surface area contributed by atoms with Crippen molar-refractivity contribution in [2.24, 2.45) is 0 Å². The molecule has 0 spiro atoms. The van der Waals surface area contributed by atoms with Crippen LogP contribution in [0.4, 0.5) is 13.2 Å². The van der Waals surface area contributed by atoms with Gasteiger partial charge in [-0.1, -0.05) is 18.2 Å². The lowest BCUT2D eigenvalue weighted by molar-refractivity contribution is -0.274. The van der Waals surface area contributed by atoms with Crippen LogP contribution in [-0.4, -0.2) is 49.2 Å². The molecule has 5 nitrogen and oxygen atoms in total. The molecule has 2 aromatic carbocycles. The number of halogens is 3. The Labute approximate surface area is 161 Å². The van der Waals surface area contributed by atoms with Gasteiger partial charge in [-0.2, -0.15) is 0 Å². The molecular weight excluding hydrogens is 373 g/mol. The number of benzene rings is 2. The largest absolute Gasteiger partial charge is 0.573 e. The van der Waals surface area contributed by atoms with Crippen LogP contribution in [0.5, 0.6) is 17.2 Å². The zero-order valence-electron chi connectivity index (χ0n) is 15.5. The number of alkyl halides is 3. The van der Waals surface area contributed by atoms with Crippen molar-refractivity contribution in [3.63, 3.8) is 0 Å². The molecule has 1 aliphatic heterocycles. The van der Waals surface area contributed by atoms with Crippen molar-refractivity contribution in [1.29, 1.82) is 0 Å². The molecule has 8 heteroatoms. The quantitative estimate of drug-likeness (QED) is 0.780. The van der Waals surface area contributed by atoms with E-state index in [-0.39, 0.29) is 17.5 Å². The first kappa shape index (κ1) is 20.3. The predicted molar refractivity (Wildman–Crippen MR) is 98.7 cm³/mol. The summed E-state index contributed by atoms with van der Waals surface area (Å²) in [4.78, 5) is 2.25. The molecule has 1 heterocycles. The second kappa shape index (κ2) is 8.70. The molecule has 1 saturated heterocycles. The van der Waals surface area contributed by atoms with Crippen LogP contribution >= 0.6 is 0 Å². The van der Waals surface area contributed by atoms with E-state index >= 15 is 0 Å². The number of hydrogen-bond acceptors (Lipinski definition) is 5. The molecule has 28 heavy (non-hydrogen) atoms. The van der Waals surface area contributed by atoms with Crippen molar-refractivity contribution >= 4 is 0 Å². The Hall–Kier alpha value is -2.45. The van der Waals surface area contributed by atoms with Gasteiger partial charge in [0.1, 0.15) is 5.75 Å². The molecule has 2 aromatic rings. The average Bonchev–Trinajstić information content (AvgIpc) is 2.66. The number of aromatic hydroxyl groups is 1. The summed E-state index contributed by atoms with van der Waals surface area (Å²) in [6, 6.07) is 10.9. The molecular formula is C20H23F3N2O3. The minimum Gasteiger partial charge on any atom is -0.504 e. The van der Waals surface area contributed by atoms with E-state index < -0.39 is 6.36 Å². The molecule has 0 amide bonds. The second-order valence-electron chi connectivity index (χ2n) is 6.47. The number of phenolic OH excluding ortho intramolecular Hbond substituents is 1.